The summed E-state index contributed by atoms with van der Waals surface area (Å²) in [6.45, 7) is 0.467. The second kappa shape index (κ2) is 4.65. The van der Waals surface area contributed by atoms with E-state index in [1.807, 2.05) is 0 Å². The van der Waals surface area contributed by atoms with Crippen LogP contribution in [0.2, 0.25) is 5.02 Å². The van der Waals surface area contributed by atoms with Gasteiger partial charge in [-0.05, 0) is 31.2 Å². The third-order valence-corrected chi connectivity index (χ3v) is 2.57. The van der Waals surface area contributed by atoms with Gasteiger partial charge in [-0.25, -0.2) is 0 Å². The highest BCUT2D eigenvalue weighted by molar-refractivity contribution is 6.35. The number of fused-ring (bicyclic) bond motifs is 1. The van der Waals surface area contributed by atoms with Crippen LogP contribution in [0.25, 0.3) is 10.9 Å². The average Bonchev–Trinajstić information content (AvgIpc) is 2.25. The molecule has 0 radical (unpaired) electrons. The second-order valence-corrected chi connectivity index (χ2v) is 4.24. The first-order valence-corrected chi connectivity index (χ1v) is 5.49. The van der Waals surface area contributed by atoms with E-state index in [2.05, 4.69) is 9.72 Å². The summed E-state index contributed by atoms with van der Waals surface area (Å²) in [6, 6.07) is 6.13. The van der Waals surface area contributed by atoms with Crippen LogP contribution in [-0.2, 0) is 0 Å². The molecule has 18 heavy (non-hydrogen) atoms. The van der Waals surface area contributed by atoms with Gasteiger partial charge in [-0.15, -0.1) is 0 Å². The minimum atomic E-state index is -4.36. The monoisotopic (exact) mass is 275 g/mol. The van der Waals surface area contributed by atoms with Crippen molar-refractivity contribution < 1.29 is 17.9 Å². The maximum atomic E-state index is 12.0. The molecule has 1 aromatic heterocycles. The van der Waals surface area contributed by atoms with Crippen LogP contribution in [0.5, 0.6) is 5.75 Å². The summed E-state index contributed by atoms with van der Waals surface area (Å²) >= 11 is 6.01. The van der Waals surface area contributed by atoms with Crippen LogP contribution in [0, 0.1) is 6.92 Å². The van der Waals surface area contributed by atoms with Crippen LogP contribution in [0.3, 0.4) is 0 Å². The molecule has 6 heteroatoms. The van der Waals surface area contributed by atoms with Crippen LogP contribution in [0.4, 0.5) is 13.2 Å². The van der Waals surface area contributed by atoms with E-state index in [1.165, 1.54) is 12.1 Å². The van der Waals surface area contributed by atoms with Gasteiger partial charge in [0, 0.05) is 11.1 Å². The Labute approximate surface area is 106 Å². The maximum absolute atomic E-state index is 12.0. The van der Waals surface area contributed by atoms with Crippen LogP contribution in [0.1, 0.15) is 5.69 Å². The molecule has 0 aliphatic rings. The summed E-state index contributed by atoms with van der Waals surface area (Å²) in [7, 11) is 0. The van der Waals surface area contributed by atoms with Crippen LogP contribution < -0.4 is 4.74 Å². The molecule has 96 valence electrons. The molecule has 0 spiro atoms. The molecular formula is C12H9ClF3NO. The number of rotatable bonds is 2. The van der Waals surface area contributed by atoms with Gasteiger partial charge < -0.3 is 4.74 Å². The zero-order chi connectivity index (χ0) is 13.3. The Kier molecular flexibility index (Phi) is 3.34. The van der Waals surface area contributed by atoms with E-state index in [-0.39, 0.29) is 5.75 Å². The SMILES string of the molecule is Cc1cc(Cl)c2cc(OCC(F)(F)F)ccc2n1. The van der Waals surface area contributed by atoms with Crippen molar-refractivity contribution in [3.8, 4) is 5.75 Å². The van der Waals surface area contributed by atoms with E-state index in [9.17, 15) is 13.2 Å². The van der Waals surface area contributed by atoms with Gasteiger partial charge in [0.1, 0.15) is 5.75 Å². The normalized spacial score (nSPS) is 11.8. The molecule has 0 fully saturated rings. The van der Waals surface area contributed by atoms with Crippen molar-refractivity contribution in [2.24, 2.45) is 0 Å². The fraction of sp³-hybridized carbons (Fsp3) is 0.250. The molecule has 2 nitrogen and oxygen atoms in total. The highest BCUT2D eigenvalue weighted by atomic mass is 35.5. The quantitative estimate of drug-likeness (QED) is 0.822. The highest BCUT2D eigenvalue weighted by Crippen LogP contribution is 2.27. The summed E-state index contributed by atoms with van der Waals surface area (Å²) in [5.41, 5.74) is 1.37. The summed E-state index contributed by atoms with van der Waals surface area (Å²) in [6.07, 6.45) is -4.36. The van der Waals surface area contributed by atoms with Crippen molar-refractivity contribution in [1.82, 2.24) is 4.98 Å². The number of aromatic nitrogens is 1. The molecule has 2 aromatic rings. The summed E-state index contributed by atoms with van der Waals surface area (Å²) in [5, 5.41) is 1.01. The minimum absolute atomic E-state index is 0.118. The Balaban J connectivity index is 2.33. The van der Waals surface area contributed by atoms with Crippen LogP contribution >= 0.6 is 11.6 Å². The Morgan fingerprint density at radius 1 is 1.28 bits per heavy atom. The van der Waals surface area contributed by atoms with Gasteiger partial charge in [-0.2, -0.15) is 13.2 Å². The molecule has 0 saturated carbocycles. The number of pyridine rings is 1. The lowest BCUT2D eigenvalue weighted by molar-refractivity contribution is -0.153. The second-order valence-electron chi connectivity index (χ2n) is 3.83. The first-order valence-electron chi connectivity index (χ1n) is 5.11. The first kappa shape index (κ1) is 13.0. The number of benzene rings is 1. The number of hydrogen-bond acceptors (Lipinski definition) is 2. The molecule has 0 aliphatic heterocycles. The molecule has 0 aliphatic carbocycles. The molecule has 0 amide bonds. The fourth-order valence-corrected chi connectivity index (χ4v) is 1.85. The Morgan fingerprint density at radius 3 is 2.67 bits per heavy atom. The summed E-state index contributed by atoms with van der Waals surface area (Å²) < 4.78 is 40.7. The molecule has 1 aromatic carbocycles. The van der Waals surface area contributed by atoms with Gasteiger partial charge in [0.25, 0.3) is 0 Å². The average molecular weight is 276 g/mol. The highest BCUT2D eigenvalue weighted by Gasteiger charge is 2.28. The third kappa shape index (κ3) is 3.04. The minimum Gasteiger partial charge on any atom is -0.484 e. The number of aryl methyl sites for hydroxylation is 1. The van der Waals surface area contributed by atoms with Gasteiger partial charge in [0.05, 0.1) is 10.5 Å². The van der Waals surface area contributed by atoms with Crippen molar-refractivity contribution in [2.75, 3.05) is 6.61 Å². The Bertz CT molecular complexity index is 583. The molecule has 0 unspecified atom stereocenters. The number of hydrogen-bond donors (Lipinski definition) is 0. The van der Waals surface area contributed by atoms with Crippen LogP contribution in [-0.4, -0.2) is 17.8 Å². The van der Waals surface area contributed by atoms with Crippen molar-refractivity contribution in [3.63, 3.8) is 0 Å². The molecule has 1 heterocycles. The lowest BCUT2D eigenvalue weighted by atomic mass is 10.2. The number of nitrogens with zero attached hydrogens (tertiary/aromatic N) is 1. The van der Waals surface area contributed by atoms with E-state index in [0.717, 1.165) is 5.69 Å². The van der Waals surface area contributed by atoms with Crippen molar-refractivity contribution >= 4 is 22.5 Å². The summed E-state index contributed by atoms with van der Waals surface area (Å²) in [4.78, 5) is 4.22. The van der Waals surface area contributed by atoms with E-state index < -0.39 is 12.8 Å². The molecule has 0 saturated heterocycles. The molecule has 0 atom stereocenters. The Morgan fingerprint density at radius 2 is 2.00 bits per heavy atom. The van der Waals surface area contributed by atoms with E-state index >= 15 is 0 Å². The molecule has 0 N–H and O–H groups in total. The Hall–Kier alpha value is -1.49. The van der Waals surface area contributed by atoms with Crippen molar-refractivity contribution in [3.05, 3.63) is 35.0 Å². The zero-order valence-electron chi connectivity index (χ0n) is 9.38. The number of halogens is 4. The number of alkyl halides is 3. The smallest absolute Gasteiger partial charge is 0.422 e. The van der Waals surface area contributed by atoms with Crippen molar-refractivity contribution in [1.29, 1.82) is 0 Å². The van der Waals surface area contributed by atoms with E-state index in [1.54, 1.807) is 19.1 Å². The standard InChI is InChI=1S/C12H9ClF3NO/c1-7-4-10(13)9-5-8(2-3-11(9)17-7)18-6-12(14,15)16/h2-5H,6H2,1H3. The lowest BCUT2D eigenvalue weighted by Gasteiger charge is -2.10. The topological polar surface area (TPSA) is 22.1 Å². The van der Waals surface area contributed by atoms with Crippen molar-refractivity contribution in [2.45, 2.75) is 13.1 Å². The maximum Gasteiger partial charge on any atom is 0.422 e. The largest absolute Gasteiger partial charge is 0.484 e. The molecule has 2 rings (SSSR count). The first-order chi connectivity index (χ1) is 8.35. The van der Waals surface area contributed by atoms with Gasteiger partial charge in [-0.3, -0.25) is 4.98 Å². The fourth-order valence-electron chi connectivity index (χ4n) is 1.54. The van der Waals surface area contributed by atoms with Gasteiger partial charge >= 0.3 is 6.18 Å². The lowest BCUT2D eigenvalue weighted by Crippen LogP contribution is -2.19. The van der Waals surface area contributed by atoms with Gasteiger partial charge in [0.15, 0.2) is 6.61 Å². The summed E-state index contributed by atoms with van der Waals surface area (Å²) in [5.74, 6) is 0.118. The molecular weight excluding hydrogens is 267 g/mol. The third-order valence-electron chi connectivity index (χ3n) is 2.26. The van der Waals surface area contributed by atoms with Gasteiger partial charge in [-0.1, -0.05) is 11.6 Å². The van der Waals surface area contributed by atoms with Crippen LogP contribution in [0.15, 0.2) is 24.3 Å². The predicted molar refractivity (Wildman–Crippen MR) is 63.0 cm³/mol. The van der Waals surface area contributed by atoms with Gasteiger partial charge in [0.2, 0.25) is 0 Å². The van der Waals surface area contributed by atoms with E-state index in [0.29, 0.717) is 15.9 Å². The number of ether oxygens (including phenoxy) is 1. The zero-order valence-corrected chi connectivity index (χ0v) is 10.1. The molecule has 0 bridgehead atoms. The predicted octanol–water partition coefficient (Wildman–Crippen LogP) is 4.14. The van der Waals surface area contributed by atoms with E-state index in [4.69, 9.17) is 11.6 Å².